The Bertz CT molecular complexity index is 409. The smallest absolute Gasteiger partial charge is 0.410 e. The molecule has 2 rings (SSSR count). The number of guanidine groups is 1. The summed E-state index contributed by atoms with van der Waals surface area (Å²) in [4.78, 5) is 20.8. The van der Waals surface area contributed by atoms with Crippen LogP contribution in [0.4, 0.5) is 4.79 Å². The van der Waals surface area contributed by atoms with Crippen LogP contribution in [0.1, 0.15) is 40.5 Å². The lowest BCUT2D eigenvalue weighted by Crippen LogP contribution is -2.57. The summed E-state index contributed by atoms with van der Waals surface area (Å²) in [5.74, 6) is 0.997. The molecule has 128 valence electrons. The van der Waals surface area contributed by atoms with Crippen molar-refractivity contribution in [2.24, 2.45) is 4.99 Å². The molecule has 2 heterocycles. The summed E-state index contributed by atoms with van der Waals surface area (Å²) in [6.45, 7) is 11.8. The number of nitrogens with zero attached hydrogens (tertiary/aromatic N) is 3. The van der Waals surface area contributed by atoms with E-state index in [1.165, 1.54) is 6.42 Å². The summed E-state index contributed by atoms with van der Waals surface area (Å²) < 4.78 is 5.45. The maximum atomic E-state index is 12.1. The van der Waals surface area contributed by atoms with Crippen molar-refractivity contribution in [1.29, 1.82) is 0 Å². The number of carbonyl (C=O) groups is 1. The third-order valence-electron chi connectivity index (χ3n) is 3.67. The zero-order valence-corrected chi connectivity index (χ0v) is 16.4. The SMILES string of the molecule is CCCCNC1=NCC2CN(C(=O)OC(C)(C)C)CCN12.I. The number of carbonyl (C=O) groups excluding carboxylic acids is 1. The number of nitrogens with one attached hydrogen (secondary N) is 1. The van der Waals surface area contributed by atoms with Gasteiger partial charge in [-0.1, -0.05) is 13.3 Å². The average Bonchev–Trinajstić information content (AvgIpc) is 2.80. The molecular formula is C15H29IN4O2. The van der Waals surface area contributed by atoms with E-state index in [-0.39, 0.29) is 36.1 Å². The molecule has 0 spiro atoms. The predicted molar refractivity (Wildman–Crippen MR) is 98.9 cm³/mol. The van der Waals surface area contributed by atoms with Crippen molar-refractivity contribution < 1.29 is 9.53 Å². The van der Waals surface area contributed by atoms with Gasteiger partial charge in [0.2, 0.25) is 0 Å². The Kier molecular flexibility index (Phi) is 7.21. The molecule has 0 aromatic rings. The quantitative estimate of drug-likeness (QED) is 0.558. The lowest BCUT2D eigenvalue weighted by atomic mass is 10.2. The van der Waals surface area contributed by atoms with Crippen molar-refractivity contribution in [3.63, 3.8) is 0 Å². The number of ether oxygens (including phenoxy) is 1. The monoisotopic (exact) mass is 424 g/mol. The first-order valence-electron chi connectivity index (χ1n) is 7.93. The Morgan fingerprint density at radius 3 is 2.77 bits per heavy atom. The molecule has 7 heteroatoms. The number of hydrogen-bond donors (Lipinski definition) is 1. The molecule has 0 saturated carbocycles. The Morgan fingerprint density at radius 2 is 2.14 bits per heavy atom. The fraction of sp³-hybridized carbons (Fsp3) is 0.867. The van der Waals surface area contributed by atoms with E-state index in [1.807, 2.05) is 20.8 Å². The molecular weight excluding hydrogens is 395 g/mol. The van der Waals surface area contributed by atoms with E-state index in [9.17, 15) is 4.79 Å². The number of unbranched alkanes of at least 4 members (excludes halogenated alkanes) is 1. The molecule has 1 atom stereocenters. The summed E-state index contributed by atoms with van der Waals surface area (Å²) in [6.07, 6.45) is 2.12. The van der Waals surface area contributed by atoms with Gasteiger partial charge in [-0.05, 0) is 27.2 Å². The van der Waals surface area contributed by atoms with E-state index >= 15 is 0 Å². The average molecular weight is 424 g/mol. The van der Waals surface area contributed by atoms with Crippen LogP contribution in [-0.4, -0.2) is 66.2 Å². The fourth-order valence-electron chi connectivity index (χ4n) is 2.60. The number of aliphatic imine (C=N–C) groups is 1. The molecule has 1 N–H and O–H groups in total. The molecule has 2 aliphatic heterocycles. The van der Waals surface area contributed by atoms with Crippen LogP contribution in [-0.2, 0) is 4.74 Å². The van der Waals surface area contributed by atoms with E-state index in [2.05, 4.69) is 22.1 Å². The Labute approximate surface area is 150 Å². The minimum Gasteiger partial charge on any atom is -0.444 e. The number of halogens is 1. The zero-order chi connectivity index (χ0) is 15.5. The first-order valence-corrected chi connectivity index (χ1v) is 7.93. The van der Waals surface area contributed by atoms with Gasteiger partial charge < -0.3 is 19.9 Å². The molecule has 0 aliphatic carbocycles. The second-order valence-electron chi connectivity index (χ2n) is 6.72. The molecule has 1 fully saturated rings. The molecule has 2 aliphatic rings. The van der Waals surface area contributed by atoms with Crippen molar-refractivity contribution in [2.45, 2.75) is 52.2 Å². The molecule has 1 unspecified atom stereocenters. The zero-order valence-electron chi connectivity index (χ0n) is 14.1. The van der Waals surface area contributed by atoms with Crippen molar-refractivity contribution in [3.05, 3.63) is 0 Å². The summed E-state index contributed by atoms with van der Waals surface area (Å²) in [5.41, 5.74) is -0.437. The number of fused-ring (bicyclic) bond motifs is 1. The fourth-order valence-corrected chi connectivity index (χ4v) is 2.60. The molecule has 1 amide bonds. The highest BCUT2D eigenvalue weighted by molar-refractivity contribution is 14.0. The highest BCUT2D eigenvalue weighted by Crippen LogP contribution is 2.18. The van der Waals surface area contributed by atoms with Gasteiger partial charge in [0.25, 0.3) is 0 Å². The van der Waals surface area contributed by atoms with E-state index in [4.69, 9.17) is 4.74 Å². The molecule has 0 aromatic carbocycles. The highest BCUT2D eigenvalue weighted by atomic mass is 127. The van der Waals surface area contributed by atoms with Gasteiger partial charge in [-0.2, -0.15) is 0 Å². The number of hydrogen-bond acceptors (Lipinski definition) is 5. The summed E-state index contributed by atoms with van der Waals surface area (Å²) in [6, 6.07) is 0.287. The number of rotatable bonds is 3. The summed E-state index contributed by atoms with van der Waals surface area (Å²) >= 11 is 0. The first kappa shape index (κ1) is 19.3. The van der Waals surface area contributed by atoms with Crippen molar-refractivity contribution in [3.8, 4) is 0 Å². The van der Waals surface area contributed by atoms with Gasteiger partial charge in [-0.25, -0.2) is 4.79 Å². The van der Waals surface area contributed by atoms with Crippen LogP contribution in [0.5, 0.6) is 0 Å². The van der Waals surface area contributed by atoms with E-state index in [0.717, 1.165) is 32.0 Å². The third kappa shape index (κ3) is 5.17. The van der Waals surface area contributed by atoms with Crippen LogP contribution in [0.15, 0.2) is 4.99 Å². The van der Waals surface area contributed by atoms with Gasteiger partial charge in [-0.3, -0.25) is 4.99 Å². The van der Waals surface area contributed by atoms with E-state index in [0.29, 0.717) is 13.1 Å². The molecule has 1 saturated heterocycles. The summed E-state index contributed by atoms with van der Waals surface area (Å²) in [7, 11) is 0. The lowest BCUT2D eigenvalue weighted by molar-refractivity contribution is 0.0137. The maximum absolute atomic E-state index is 12.1. The lowest BCUT2D eigenvalue weighted by Gasteiger charge is -2.39. The van der Waals surface area contributed by atoms with Gasteiger partial charge in [-0.15, -0.1) is 24.0 Å². The van der Waals surface area contributed by atoms with Crippen LogP contribution in [0.2, 0.25) is 0 Å². The van der Waals surface area contributed by atoms with E-state index in [1.54, 1.807) is 4.90 Å². The number of piperazine rings is 1. The molecule has 0 aromatic heterocycles. The van der Waals surface area contributed by atoms with Crippen molar-refractivity contribution in [1.82, 2.24) is 15.1 Å². The second-order valence-corrected chi connectivity index (χ2v) is 6.72. The third-order valence-corrected chi connectivity index (χ3v) is 3.67. The summed E-state index contributed by atoms with van der Waals surface area (Å²) in [5, 5.41) is 3.41. The molecule has 0 radical (unpaired) electrons. The Morgan fingerprint density at radius 1 is 1.41 bits per heavy atom. The Hall–Kier alpha value is -0.730. The van der Waals surface area contributed by atoms with E-state index < -0.39 is 5.60 Å². The minimum absolute atomic E-state index is 0. The van der Waals surface area contributed by atoms with Gasteiger partial charge in [0.05, 0.1) is 12.6 Å². The maximum Gasteiger partial charge on any atom is 0.410 e. The normalized spacial score (nSPS) is 20.9. The topological polar surface area (TPSA) is 57.2 Å². The van der Waals surface area contributed by atoms with Crippen molar-refractivity contribution >= 4 is 36.0 Å². The van der Waals surface area contributed by atoms with Crippen LogP contribution in [0.25, 0.3) is 0 Å². The molecule has 0 bridgehead atoms. The van der Waals surface area contributed by atoms with Crippen LogP contribution in [0, 0.1) is 0 Å². The largest absolute Gasteiger partial charge is 0.444 e. The molecule has 22 heavy (non-hydrogen) atoms. The molecule has 6 nitrogen and oxygen atoms in total. The standard InChI is InChI=1S/C15H28N4O2.HI/c1-5-6-7-16-13-17-10-12-11-18(8-9-19(12)13)14(20)21-15(2,3)4;/h12H,5-11H2,1-4H3,(H,16,17);1H. The van der Waals surface area contributed by atoms with Crippen molar-refractivity contribution in [2.75, 3.05) is 32.7 Å². The van der Waals surface area contributed by atoms with Gasteiger partial charge >= 0.3 is 6.09 Å². The van der Waals surface area contributed by atoms with Crippen LogP contribution < -0.4 is 5.32 Å². The second kappa shape index (κ2) is 8.21. The first-order chi connectivity index (χ1) is 9.90. The minimum atomic E-state index is -0.437. The predicted octanol–water partition coefficient (Wildman–Crippen LogP) is 2.29. The highest BCUT2D eigenvalue weighted by Gasteiger charge is 2.36. The Balaban J connectivity index is 0.00000242. The van der Waals surface area contributed by atoms with Gasteiger partial charge in [0.15, 0.2) is 5.96 Å². The van der Waals surface area contributed by atoms with Crippen LogP contribution >= 0.6 is 24.0 Å². The number of amides is 1. The van der Waals surface area contributed by atoms with Crippen LogP contribution in [0.3, 0.4) is 0 Å². The van der Waals surface area contributed by atoms with Gasteiger partial charge in [0.1, 0.15) is 5.60 Å². The van der Waals surface area contributed by atoms with Gasteiger partial charge in [0, 0.05) is 26.2 Å².